The van der Waals surface area contributed by atoms with Gasteiger partial charge in [-0.05, 0) is 49.9 Å². The van der Waals surface area contributed by atoms with Gasteiger partial charge in [0.25, 0.3) is 11.5 Å². The number of nitrogens with two attached hydrogens (primary N) is 4. The van der Waals surface area contributed by atoms with E-state index in [-0.39, 0.29) is 34.9 Å². The molecule has 1 aliphatic heterocycles. The lowest BCUT2D eigenvalue weighted by molar-refractivity contribution is -0.173. The van der Waals surface area contributed by atoms with Crippen LogP contribution in [-0.4, -0.2) is 139 Å². The Hall–Kier alpha value is -6.99. The van der Waals surface area contributed by atoms with Crippen LogP contribution < -0.4 is 44.0 Å². The molecule has 1 unspecified atom stereocenters. The summed E-state index contributed by atoms with van der Waals surface area (Å²) in [6.45, 7) is 0.525. The summed E-state index contributed by atoms with van der Waals surface area (Å²) in [5, 5.41) is 43.6. The average Bonchev–Trinajstić information content (AvgIpc) is 3.18. The van der Waals surface area contributed by atoms with Crippen LogP contribution in [0.4, 0.5) is 23.1 Å². The fourth-order valence-electron chi connectivity index (χ4n) is 6.01. The van der Waals surface area contributed by atoms with Crippen LogP contribution >= 0.6 is 0 Å². The number of likely N-dealkylation sites (N-methyl/N-ethyl adjacent to an activating group) is 1. The number of ether oxygens (including phenoxy) is 1. The number of aromatic amines is 1. The van der Waals surface area contributed by atoms with Crippen LogP contribution in [0, 0.1) is 0 Å². The van der Waals surface area contributed by atoms with Crippen molar-refractivity contribution in [2.24, 2.45) is 17.2 Å². The zero-order chi connectivity index (χ0) is 45.1. The number of carbonyl (C=O) groups excluding carboxylic acids is 5. The molecule has 3 rings (SSSR count). The SMILES string of the molecule is CN1c2c(nc(N)[nH]c2=O)NCC1CNc1ccc(C(=O)N(C(=O)CC[C@H](N)C(=O)O)[C@](CCC(=O)O)(C(=O)CC[C@H](N)C(=O)O)C(=O)OC(=O)CC[C@H](N)C(=O)O)cc1. The number of anilines is 4. The number of aromatic nitrogens is 2. The van der Waals surface area contributed by atoms with Gasteiger partial charge in [-0.25, -0.2) is 4.79 Å². The summed E-state index contributed by atoms with van der Waals surface area (Å²) in [4.78, 5) is 137. The first-order valence-electron chi connectivity index (χ1n) is 18.1. The number of nitrogen functional groups attached to an aromatic ring is 1. The number of Topliss-reactive ketones (excluding diaryl/α,β-unsaturated/α-hetero) is 1. The van der Waals surface area contributed by atoms with Gasteiger partial charge in [-0.15, -0.1) is 0 Å². The van der Waals surface area contributed by atoms with E-state index < -0.39 is 140 Å². The van der Waals surface area contributed by atoms with Crippen LogP contribution in [0.1, 0.15) is 61.7 Å². The maximum Gasteiger partial charge on any atom is 0.348 e. The number of ketones is 1. The highest BCUT2D eigenvalue weighted by atomic mass is 16.6. The molecule has 0 bridgehead atoms. The van der Waals surface area contributed by atoms with Crippen molar-refractivity contribution in [3.8, 4) is 0 Å². The van der Waals surface area contributed by atoms with Crippen LogP contribution in [-0.2, 0) is 43.1 Å². The number of hydrogen-bond acceptors (Lipinski definition) is 19. The minimum atomic E-state index is -3.33. The normalized spacial score (nSPS) is 15.7. The second-order valence-corrected chi connectivity index (χ2v) is 13.7. The second-order valence-electron chi connectivity index (χ2n) is 13.7. The molecule has 25 nitrogen and oxygen atoms in total. The number of fused-ring (bicyclic) bond motifs is 1. The molecule has 0 spiro atoms. The number of hydrogen-bond donors (Lipinski definition) is 11. The third kappa shape index (κ3) is 11.8. The third-order valence-corrected chi connectivity index (χ3v) is 9.50. The molecule has 60 heavy (non-hydrogen) atoms. The minimum absolute atomic E-state index is 0.0403. The number of benzene rings is 1. The largest absolute Gasteiger partial charge is 0.481 e. The van der Waals surface area contributed by atoms with E-state index >= 15 is 0 Å². The summed E-state index contributed by atoms with van der Waals surface area (Å²) in [7, 11) is 1.66. The zero-order valence-electron chi connectivity index (χ0n) is 32.1. The number of amides is 2. The van der Waals surface area contributed by atoms with Gasteiger partial charge in [0.2, 0.25) is 17.4 Å². The summed E-state index contributed by atoms with van der Waals surface area (Å²) in [5.41, 5.74) is 18.6. The second kappa shape index (κ2) is 20.6. The van der Waals surface area contributed by atoms with Gasteiger partial charge in [0.05, 0.1) is 6.04 Å². The van der Waals surface area contributed by atoms with Crippen LogP contribution in [0.5, 0.6) is 0 Å². The van der Waals surface area contributed by atoms with Crippen molar-refractivity contribution in [3.05, 3.63) is 40.2 Å². The van der Waals surface area contributed by atoms with E-state index in [9.17, 15) is 63.3 Å². The van der Waals surface area contributed by atoms with E-state index in [2.05, 4.69) is 20.6 Å². The maximum atomic E-state index is 14.5. The number of nitrogens with one attached hydrogen (secondary N) is 3. The molecular weight excluding hydrogens is 800 g/mol. The van der Waals surface area contributed by atoms with E-state index in [0.717, 1.165) is 12.1 Å². The summed E-state index contributed by atoms with van der Waals surface area (Å²) < 4.78 is 4.88. The molecule has 2 amide bonds. The number of imide groups is 1. The molecule has 0 saturated carbocycles. The predicted octanol–water partition coefficient (Wildman–Crippen LogP) is -2.52. The standard InChI is InChI=1S/C35H46N10O15/c1-44-18(15-41-27-26(44)28(51)43-34(39)42-27)14-40-17-4-2-16(3-5-17)29(52)45(23(47)10-7-20(37)31(55)56)35(13-12-24(48)49,22(46)9-6-19(36)30(53)54)33(59)60-25(50)11-8-21(38)32(57)58/h2-5,18-21,40H,6-15,36-38H2,1H3,(H,48,49)(H,53,54)(H,55,56)(H,57,58)(H4,39,41,42,43,51)/t18?,19-,20-,21-,35+/m0/s1. The quantitative estimate of drug-likeness (QED) is 0.0430. The van der Waals surface area contributed by atoms with Crippen LogP contribution in [0.15, 0.2) is 29.1 Å². The number of carboxylic acid groups (broad SMARTS) is 4. The molecule has 326 valence electrons. The highest BCUT2D eigenvalue weighted by molar-refractivity contribution is 6.19. The van der Waals surface area contributed by atoms with E-state index in [1.165, 1.54) is 12.1 Å². The van der Waals surface area contributed by atoms with Gasteiger partial charge in [-0.2, -0.15) is 4.98 Å². The Labute approximate surface area is 339 Å². The van der Waals surface area contributed by atoms with Crippen molar-refractivity contribution in [3.63, 3.8) is 0 Å². The molecule has 2 heterocycles. The van der Waals surface area contributed by atoms with Gasteiger partial charge >= 0.3 is 35.8 Å². The molecule has 2 aromatic rings. The Morgan fingerprint density at radius 1 is 0.883 bits per heavy atom. The summed E-state index contributed by atoms with van der Waals surface area (Å²) in [6, 6.07) is -0.381. The van der Waals surface area contributed by atoms with Gasteiger partial charge in [-0.1, -0.05) is 0 Å². The molecule has 1 aliphatic rings. The van der Waals surface area contributed by atoms with E-state index in [1.807, 2.05) is 0 Å². The third-order valence-electron chi connectivity index (χ3n) is 9.50. The molecule has 5 atom stereocenters. The van der Waals surface area contributed by atoms with Crippen molar-refractivity contribution in [2.75, 3.05) is 41.4 Å². The lowest BCUT2D eigenvalue weighted by Crippen LogP contribution is -2.65. The summed E-state index contributed by atoms with van der Waals surface area (Å²) in [5.74, 6) is -14.0. The van der Waals surface area contributed by atoms with Gasteiger partial charge in [-0.3, -0.25) is 53.0 Å². The van der Waals surface area contributed by atoms with Crippen molar-refractivity contribution in [2.45, 2.75) is 81.1 Å². The van der Waals surface area contributed by atoms with Crippen LogP contribution in [0.2, 0.25) is 0 Å². The van der Waals surface area contributed by atoms with E-state index in [1.54, 1.807) is 11.9 Å². The van der Waals surface area contributed by atoms with Crippen LogP contribution in [0.25, 0.3) is 0 Å². The monoisotopic (exact) mass is 846 g/mol. The van der Waals surface area contributed by atoms with Crippen molar-refractivity contribution in [1.82, 2.24) is 14.9 Å². The Morgan fingerprint density at radius 3 is 1.98 bits per heavy atom. The Morgan fingerprint density at radius 2 is 1.43 bits per heavy atom. The first kappa shape index (κ1) is 47.4. The molecular formula is C35H46N10O15. The topological polar surface area (TPSA) is 424 Å². The number of carbonyl (C=O) groups is 9. The molecule has 1 aromatic heterocycles. The Balaban J connectivity index is 2.09. The van der Waals surface area contributed by atoms with Gasteiger partial charge in [0, 0.05) is 57.1 Å². The predicted molar refractivity (Wildman–Crippen MR) is 206 cm³/mol. The van der Waals surface area contributed by atoms with E-state index in [0.29, 0.717) is 12.2 Å². The van der Waals surface area contributed by atoms with Gasteiger partial charge in [0.1, 0.15) is 23.8 Å². The number of aliphatic carboxylic acids is 4. The molecule has 1 aromatic carbocycles. The number of carboxylic acids is 4. The molecule has 0 fully saturated rings. The first-order chi connectivity index (χ1) is 28.1. The number of H-pyrrole nitrogens is 1. The smallest absolute Gasteiger partial charge is 0.348 e. The maximum absolute atomic E-state index is 14.5. The van der Waals surface area contributed by atoms with Gasteiger partial charge in [0.15, 0.2) is 11.6 Å². The van der Waals surface area contributed by atoms with Crippen molar-refractivity contribution < 1.29 is 68.3 Å². The highest BCUT2D eigenvalue weighted by Gasteiger charge is 2.57. The van der Waals surface area contributed by atoms with Crippen molar-refractivity contribution in [1.29, 1.82) is 0 Å². The average molecular weight is 847 g/mol. The lowest BCUT2D eigenvalue weighted by atomic mass is 9.82. The first-order valence-corrected chi connectivity index (χ1v) is 18.1. The molecule has 15 N–H and O–H groups in total. The number of esters is 2. The minimum Gasteiger partial charge on any atom is -0.481 e. The molecule has 0 aliphatic carbocycles. The fourth-order valence-corrected chi connectivity index (χ4v) is 6.01. The fraction of sp³-hybridized carbons (Fsp3) is 0.457. The molecule has 0 saturated heterocycles. The Kier molecular flexibility index (Phi) is 16.3. The van der Waals surface area contributed by atoms with E-state index in [4.69, 9.17) is 32.8 Å². The molecule has 25 heteroatoms. The summed E-state index contributed by atoms with van der Waals surface area (Å²) >= 11 is 0. The highest BCUT2D eigenvalue weighted by Crippen LogP contribution is 2.32. The lowest BCUT2D eigenvalue weighted by Gasteiger charge is -2.39. The van der Waals surface area contributed by atoms with Gasteiger partial charge < -0.3 is 63.6 Å². The Bertz CT molecular complexity index is 2060. The molecule has 0 radical (unpaired) electrons. The van der Waals surface area contributed by atoms with Crippen molar-refractivity contribution >= 4 is 76.6 Å². The van der Waals surface area contributed by atoms with Crippen LogP contribution in [0.3, 0.4) is 0 Å². The number of rotatable bonds is 22. The zero-order valence-corrected chi connectivity index (χ0v) is 32.1. The summed E-state index contributed by atoms with van der Waals surface area (Å²) in [6.07, 6.45) is -7.16. The number of nitrogens with zero attached hydrogens (tertiary/aromatic N) is 3.